The number of nitrogens with zero attached hydrogens (tertiary/aromatic N) is 1. The SMILES string of the molecule is NS(=O)(=O)c1ccc2[nH]c3c(c2c1)CN(Cc1ccccc1)CC3. The molecule has 6 heteroatoms. The second kappa shape index (κ2) is 5.73. The number of rotatable bonds is 3. The summed E-state index contributed by atoms with van der Waals surface area (Å²) in [6, 6.07) is 15.4. The summed E-state index contributed by atoms with van der Waals surface area (Å²) < 4.78 is 23.3. The number of nitrogens with one attached hydrogen (secondary N) is 1. The quantitative estimate of drug-likeness (QED) is 0.767. The Labute approximate surface area is 141 Å². The lowest BCUT2D eigenvalue weighted by Crippen LogP contribution is -2.29. The maximum absolute atomic E-state index is 11.6. The van der Waals surface area contributed by atoms with Gasteiger partial charge in [0.15, 0.2) is 0 Å². The lowest BCUT2D eigenvalue weighted by atomic mass is 10.0. The number of sulfonamides is 1. The van der Waals surface area contributed by atoms with Crippen molar-refractivity contribution in [1.82, 2.24) is 9.88 Å². The maximum Gasteiger partial charge on any atom is 0.238 e. The van der Waals surface area contributed by atoms with Crippen molar-refractivity contribution in [2.24, 2.45) is 5.14 Å². The summed E-state index contributed by atoms with van der Waals surface area (Å²) in [5.74, 6) is 0. The van der Waals surface area contributed by atoms with Crippen LogP contribution in [0.15, 0.2) is 53.4 Å². The van der Waals surface area contributed by atoms with Crippen LogP contribution in [0.1, 0.15) is 16.8 Å². The third kappa shape index (κ3) is 2.84. The van der Waals surface area contributed by atoms with E-state index in [9.17, 15) is 8.42 Å². The fourth-order valence-electron chi connectivity index (χ4n) is 3.40. The maximum atomic E-state index is 11.6. The van der Waals surface area contributed by atoms with Crippen LogP contribution < -0.4 is 5.14 Å². The molecule has 1 aliphatic heterocycles. The minimum atomic E-state index is -3.69. The number of primary sulfonamides is 1. The Kier molecular flexibility index (Phi) is 3.68. The first-order valence-corrected chi connectivity index (χ1v) is 9.48. The van der Waals surface area contributed by atoms with E-state index in [2.05, 4.69) is 34.1 Å². The molecule has 0 atom stereocenters. The van der Waals surface area contributed by atoms with E-state index >= 15 is 0 Å². The van der Waals surface area contributed by atoms with E-state index in [1.165, 1.54) is 16.8 Å². The van der Waals surface area contributed by atoms with E-state index in [-0.39, 0.29) is 4.90 Å². The van der Waals surface area contributed by atoms with Gasteiger partial charge in [-0.25, -0.2) is 13.6 Å². The van der Waals surface area contributed by atoms with Crippen molar-refractivity contribution in [1.29, 1.82) is 0 Å². The van der Waals surface area contributed by atoms with Crippen LogP contribution in [0.4, 0.5) is 0 Å². The molecular weight excluding hydrogens is 322 g/mol. The highest BCUT2D eigenvalue weighted by Gasteiger charge is 2.21. The Hall–Kier alpha value is -2.15. The van der Waals surface area contributed by atoms with Crippen LogP contribution in [-0.2, 0) is 29.5 Å². The predicted octanol–water partition coefficient (Wildman–Crippen LogP) is 2.37. The fourth-order valence-corrected chi connectivity index (χ4v) is 3.94. The van der Waals surface area contributed by atoms with Gasteiger partial charge < -0.3 is 4.98 Å². The number of fused-ring (bicyclic) bond motifs is 3. The number of hydrogen-bond donors (Lipinski definition) is 2. The minimum absolute atomic E-state index is 0.164. The molecule has 0 fully saturated rings. The molecule has 1 aromatic heterocycles. The Morgan fingerprint density at radius 3 is 2.67 bits per heavy atom. The topological polar surface area (TPSA) is 79.2 Å². The van der Waals surface area contributed by atoms with Gasteiger partial charge in [0, 0.05) is 42.7 Å². The van der Waals surface area contributed by atoms with Gasteiger partial charge in [-0.3, -0.25) is 4.90 Å². The number of H-pyrrole nitrogens is 1. The molecule has 24 heavy (non-hydrogen) atoms. The van der Waals surface area contributed by atoms with Crippen molar-refractivity contribution in [3.8, 4) is 0 Å². The first-order chi connectivity index (χ1) is 11.5. The van der Waals surface area contributed by atoms with E-state index in [0.717, 1.165) is 37.0 Å². The Balaban J connectivity index is 1.69. The van der Waals surface area contributed by atoms with E-state index in [1.54, 1.807) is 18.2 Å². The van der Waals surface area contributed by atoms with Crippen molar-refractivity contribution < 1.29 is 8.42 Å². The average Bonchev–Trinajstić information content (AvgIpc) is 2.92. The molecule has 4 rings (SSSR count). The van der Waals surface area contributed by atoms with Gasteiger partial charge >= 0.3 is 0 Å². The summed E-state index contributed by atoms with van der Waals surface area (Å²) in [7, 11) is -3.69. The number of nitrogens with two attached hydrogens (primary N) is 1. The molecule has 0 amide bonds. The van der Waals surface area contributed by atoms with Gasteiger partial charge in [0.1, 0.15) is 0 Å². The van der Waals surface area contributed by atoms with Crippen molar-refractivity contribution in [3.05, 3.63) is 65.4 Å². The Morgan fingerprint density at radius 2 is 1.92 bits per heavy atom. The third-order valence-electron chi connectivity index (χ3n) is 4.60. The van der Waals surface area contributed by atoms with Crippen LogP contribution >= 0.6 is 0 Å². The molecular formula is C18H19N3O2S. The van der Waals surface area contributed by atoms with Crippen molar-refractivity contribution in [2.45, 2.75) is 24.4 Å². The first kappa shape index (κ1) is 15.4. The molecule has 0 aliphatic carbocycles. The van der Waals surface area contributed by atoms with Crippen LogP contribution in [0.5, 0.6) is 0 Å². The summed E-state index contributed by atoms with van der Waals surface area (Å²) in [6.07, 6.45) is 0.932. The van der Waals surface area contributed by atoms with Gasteiger partial charge in [0.2, 0.25) is 10.0 Å². The van der Waals surface area contributed by atoms with Gasteiger partial charge in [-0.15, -0.1) is 0 Å². The van der Waals surface area contributed by atoms with Crippen LogP contribution in [0.2, 0.25) is 0 Å². The van der Waals surface area contributed by atoms with Crippen LogP contribution in [-0.4, -0.2) is 24.8 Å². The molecule has 124 valence electrons. The molecule has 5 nitrogen and oxygen atoms in total. The van der Waals surface area contributed by atoms with E-state index in [0.29, 0.717) is 0 Å². The number of aromatic nitrogens is 1. The molecule has 3 N–H and O–H groups in total. The Morgan fingerprint density at radius 1 is 1.12 bits per heavy atom. The van der Waals surface area contributed by atoms with Crippen LogP contribution in [0, 0.1) is 0 Å². The molecule has 0 saturated heterocycles. The van der Waals surface area contributed by atoms with Gasteiger partial charge in [-0.2, -0.15) is 0 Å². The molecule has 1 aliphatic rings. The smallest absolute Gasteiger partial charge is 0.238 e. The van der Waals surface area contributed by atoms with Crippen LogP contribution in [0.3, 0.4) is 0 Å². The van der Waals surface area contributed by atoms with E-state index in [1.807, 2.05) is 6.07 Å². The molecule has 0 saturated carbocycles. The van der Waals surface area contributed by atoms with Gasteiger partial charge in [0.05, 0.1) is 4.90 Å². The summed E-state index contributed by atoms with van der Waals surface area (Å²) in [5, 5.41) is 6.23. The van der Waals surface area contributed by atoms with E-state index in [4.69, 9.17) is 5.14 Å². The summed E-state index contributed by atoms with van der Waals surface area (Å²) in [5.41, 5.74) is 4.62. The largest absolute Gasteiger partial charge is 0.358 e. The monoisotopic (exact) mass is 341 g/mol. The second-order valence-electron chi connectivity index (χ2n) is 6.28. The first-order valence-electron chi connectivity index (χ1n) is 7.93. The molecule has 2 heterocycles. The summed E-state index contributed by atoms with van der Waals surface area (Å²) in [6.45, 7) is 2.68. The lowest BCUT2D eigenvalue weighted by molar-refractivity contribution is 0.245. The average molecular weight is 341 g/mol. The zero-order valence-electron chi connectivity index (χ0n) is 13.2. The fraction of sp³-hybridized carbons (Fsp3) is 0.222. The highest BCUT2D eigenvalue weighted by molar-refractivity contribution is 7.89. The number of benzene rings is 2. The van der Waals surface area contributed by atoms with E-state index < -0.39 is 10.0 Å². The predicted molar refractivity (Wildman–Crippen MR) is 93.9 cm³/mol. The highest BCUT2D eigenvalue weighted by atomic mass is 32.2. The van der Waals surface area contributed by atoms with Gasteiger partial charge in [-0.05, 0) is 29.3 Å². The summed E-state index contributed by atoms with van der Waals surface area (Å²) >= 11 is 0. The zero-order chi connectivity index (χ0) is 16.7. The standard InChI is InChI=1S/C18H19N3O2S/c19-24(22,23)14-6-7-17-15(10-14)16-12-21(9-8-18(16)20-17)11-13-4-2-1-3-5-13/h1-7,10,20H,8-9,11-12H2,(H2,19,22,23). The van der Waals surface area contributed by atoms with Crippen molar-refractivity contribution in [3.63, 3.8) is 0 Å². The second-order valence-corrected chi connectivity index (χ2v) is 7.84. The van der Waals surface area contributed by atoms with Gasteiger partial charge in [0.25, 0.3) is 0 Å². The molecule has 2 aromatic carbocycles. The number of aromatic amines is 1. The summed E-state index contributed by atoms with van der Waals surface area (Å²) in [4.78, 5) is 5.96. The zero-order valence-corrected chi connectivity index (χ0v) is 14.0. The molecule has 0 bridgehead atoms. The minimum Gasteiger partial charge on any atom is -0.358 e. The Bertz CT molecular complexity index is 994. The normalized spacial score (nSPS) is 15.5. The molecule has 3 aromatic rings. The van der Waals surface area contributed by atoms with Gasteiger partial charge in [-0.1, -0.05) is 30.3 Å². The van der Waals surface area contributed by atoms with Crippen LogP contribution in [0.25, 0.3) is 10.9 Å². The molecule has 0 spiro atoms. The lowest BCUT2D eigenvalue weighted by Gasteiger charge is -2.27. The van der Waals surface area contributed by atoms with Crippen molar-refractivity contribution >= 4 is 20.9 Å². The number of hydrogen-bond acceptors (Lipinski definition) is 3. The van der Waals surface area contributed by atoms with Crippen molar-refractivity contribution in [2.75, 3.05) is 6.54 Å². The molecule has 0 unspecified atom stereocenters. The molecule has 0 radical (unpaired) electrons. The third-order valence-corrected chi connectivity index (χ3v) is 5.51. The highest BCUT2D eigenvalue weighted by Crippen LogP contribution is 2.30.